The summed E-state index contributed by atoms with van der Waals surface area (Å²) in [5.41, 5.74) is 2.10. The van der Waals surface area contributed by atoms with Crippen LogP contribution in [0.2, 0.25) is 0 Å². The predicted octanol–water partition coefficient (Wildman–Crippen LogP) is 3.76. The second-order valence-corrected chi connectivity index (χ2v) is 6.26. The first-order chi connectivity index (χ1) is 13.1. The van der Waals surface area contributed by atoms with Gasteiger partial charge in [0.1, 0.15) is 29.1 Å². The zero-order valence-electron chi connectivity index (χ0n) is 14.3. The Labute approximate surface area is 154 Å². The zero-order valence-corrected chi connectivity index (χ0v) is 14.3. The monoisotopic (exact) mass is 366 g/mol. The number of carbonyl (C=O) groups excluding carboxylic acids is 1. The van der Waals surface area contributed by atoms with Crippen LogP contribution in [0.5, 0.6) is 5.75 Å². The molecule has 136 valence electrons. The molecule has 1 N–H and O–H groups in total. The number of amides is 1. The molecule has 2 heterocycles. The normalized spacial score (nSPS) is 15.1. The van der Waals surface area contributed by atoms with E-state index < -0.39 is 23.1 Å². The molecule has 27 heavy (non-hydrogen) atoms. The number of hydrogen-bond acceptors (Lipinski definition) is 3. The van der Waals surface area contributed by atoms with Gasteiger partial charge in [-0.2, -0.15) is 0 Å². The van der Waals surface area contributed by atoms with Crippen LogP contribution in [0.15, 0.2) is 60.8 Å². The van der Waals surface area contributed by atoms with Crippen LogP contribution in [0.4, 0.5) is 8.78 Å². The number of halogens is 2. The lowest BCUT2D eigenvalue weighted by Gasteiger charge is -2.14. The van der Waals surface area contributed by atoms with Gasteiger partial charge in [0.15, 0.2) is 0 Å². The number of hydrogen-bond donors (Lipinski definition) is 1. The first-order valence-electron chi connectivity index (χ1n) is 8.55. The first kappa shape index (κ1) is 17.1. The van der Waals surface area contributed by atoms with Crippen LogP contribution in [-0.4, -0.2) is 23.5 Å². The highest BCUT2D eigenvalue weighted by Gasteiger charge is 2.27. The number of nitrogens with one attached hydrogen (secondary N) is 1. The van der Waals surface area contributed by atoms with Gasteiger partial charge in [-0.1, -0.05) is 24.3 Å². The number of rotatable bonds is 4. The highest BCUT2D eigenvalue weighted by molar-refractivity contribution is 5.94. The second kappa shape index (κ2) is 7.15. The van der Waals surface area contributed by atoms with Gasteiger partial charge in [0, 0.05) is 18.2 Å². The Morgan fingerprint density at radius 2 is 1.85 bits per heavy atom. The van der Waals surface area contributed by atoms with E-state index in [0.29, 0.717) is 6.42 Å². The molecule has 4 rings (SSSR count). The van der Waals surface area contributed by atoms with Crippen molar-refractivity contribution in [3.8, 4) is 17.0 Å². The average molecular weight is 366 g/mol. The van der Waals surface area contributed by atoms with E-state index in [4.69, 9.17) is 4.74 Å². The summed E-state index contributed by atoms with van der Waals surface area (Å²) in [6.45, 7) is 0.142. The summed E-state index contributed by atoms with van der Waals surface area (Å²) in [5.74, 6) is -1.84. The lowest BCUT2D eigenvalue weighted by Crippen LogP contribution is -2.35. The van der Waals surface area contributed by atoms with Crippen LogP contribution in [0.3, 0.4) is 0 Å². The maximum atomic E-state index is 13.7. The fourth-order valence-electron chi connectivity index (χ4n) is 3.19. The summed E-state index contributed by atoms with van der Waals surface area (Å²) >= 11 is 0. The molecule has 2 aromatic carbocycles. The minimum atomic E-state index is -0.888. The molecule has 1 aliphatic rings. The van der Waals surface area contributed by atoms with E-state index in [-0.39, 0.29) is 12.6 Å². The van der Waals surface area contributed by atoms with Gasteiger partial charge in [-0.25, -0.2) is 8.78 Å². The quantitative estimate of drug-likeness (QED) is 0.765. The maximum Gasteiger partial charge on any atom is 0.257 e. The molecule has 1 aliphatic heterocycles. The Morgan fingerprint density at radius 3 is 2.59 bits per heavy atom. The number of pyridine rings is 1. The minimum absolute atomic E-state index is 0.142. The molecule has 0 spiro atoms. The van der Waals surface area contributed by atoms with Crippen molar-refractivity contribution >= 4 is 5.91 Å². The Morgan fingerprint density at radius 1 is 1.07 bits per heavy atom. The van der Waals surface area contributed by atoms with E-state index >= 15 is 0 Å². The highest BCUT2D eigenvalue weighted by atomic mass is 19.1. The van der Waals surface area contributed by atoms with Gasteiger partial charge in [-0.05, 0) is 35.9 Å². The van der Waals surface area contributed by atoms with Crippen molar-refractivity contribution in [2.45, 2.75) is 12.5 Å². The molecule has 6 heteroatoms. The smallest absolute Gasteiger partial charge is 0.257 e. The van der Waals surface area contributed by atoms with E-state index in [2.05, 4.69) is 10.3 Å². The summed E-state index contributed by atoms with van der Waals surface area (Å²) in [7, 11) is 0. The molecule has 0 unspecified atom stereocenters. The molecule has 1 aromatic heterocycles. The van der Waals surface area contributed by atoms with Gasteiger partial charge in [0.2, 0.25) is 0 Å². The SMILES string of the molecule is O=C(NC[C@@H]1Cc2cccc(-c3ccccn3)c2O1)c1c(F)cccc1F. The zero-order chi connectivity index (χ0) is 18.8. The molecule has 1 amide bonds. The summed E-state index contributed by atoms with van der Waals surface area (Å²) in [6, 6.07) is 14.8. The molecule has 0 fully saturated rings. The second-order valence-electron chi connectivity index (χ2n) is 6.26. The number of aromatic nitrogens is 1. The molecule has 0 bridgehead atoms. The van der Waals surface area contributed by atoms with E-state index in [9.17, 15) is 13.6 Å². The Kier molecular flexibility index (Phi) is 4.54. The fraction of sp³-hybridized carbons (Fsp3) is 0.143. The number of carbonyl (C=O) groups is 1. The minimum Gasteiger partial charge on any atom is -0.487 e. The van der Waals surface area contributed by atoms with E-state index in [1.165, 1.54) is 6.07 Å². The van der Waals surface area contributed by atoms with Crippen molar-refractivity contribution < 1.29 is 18.3 Å². The third kappa shape index (κ3) is 3.38. The van der Waals surface area contributed by atoms with Crippen molar-refractivity contribution in [2.75, 3.05) is 6.54 Å². The predicted molar refractivity (Wildman–Crippen MR) is 96.5 cm³/mol. The van der Waals surface area contributed by atoms with Crippen LogP contribution < -0.4 is 10.1 Å². The van der Waals surface area contributed by atoms with Crippen molar-refractivity contribution in [3.05, 3.63) is 83.6 Å². The van der Waals surface area contributed by atoms with Gasteiger partial charge in [0.05, 0.1) is 12.2 Å². The standard InChI is InChI=1S/C21H16F2N2O2/c22-16-7-4-8-17(23)19(16)21(26)25-12-14-11-13-5-3-6-15(20(13)27-14)18-9-1-2-10-24-18/h1-10,14H,11-12H2,(H,25,26)/t14-/m0/s1. The molecule has 3 aromatic rings. The third-order valence-corrected chi connectivity index (χ3v) is 4.45. The first-order valence-corrected chi connectivity index (χ1v) is 8.55. The molecule has 0 aliphatic carbocycles. The molecule has 0 saturated carbocycles. The van der Waals surface area contributed by atoms with Crippen LogP contribution in [0.1, 0.15) is 15.9 Å². The molecular weight excluding hydrogens is 350 g/mol. The largest absolute Gasteiger partial charge is 0.487 e. The summed E-state index contributed by atoms with van der Waals surface area (Å²) in [6.07, 6.45) is 1.99. The number of ether oxygens (including phenoxy) is 1. The van der Waals surface area contributed by atoms with Crippen molar-refractivity contribution in [1.82, 2.24) is 10.3 Å². The lowest BCUT2D eigenvalue weighted by molar-refractivity contribution is 0.0925. The van der Waals surface area contributed by atoms with Gasteiger partial charge in [-0.15, -0.1) is 0 Å². The average Bonchev–Trinajstić information content (AvgIpc) is 3.10. The van der Waals surface area contributed by atoms with E-state index in [1.54, 1.807) is 6.20 Å². The van der Waals surface area contributed by atoms with E-state index in [0.717, 1.165) is 34.7 Å². The maximum absolute atomic E-state index is 13.7. The fourth-order valence-corrected chi connectivity index (χ4v) is 3.19. The van der Waals surface area contributed by atoms with Crippen molar-refractivity contribution in [2.24, 2.45) is 0 Å². The molecular formula is C21H16F2N2O2. The summed E-state index contributed by atoms with van der Waals surface area (Å²) in [5, 5.41) is 2.56. The Hall–Kier alpha value is -3.28. The van der Waals surface area contributed by atoms with Gasteiger partial charge in [-0.3, -0.25) is 9.78 Å². The highest BCUT2D eigenvalue weighted by Crippen LogP contribution is 2.37. The van der Waals surface area contributed by atoms with Crippen molar-refractivity contribution in [3.63, 3.8) is 0 Å². The summed E-state index contributed by atoms with van der Waals surface area (Å²) in [4.78, 5) is 16.5. The number of para-hydroxylation sites is 1. The topological polar surface area (TPSA) is 51.2 Å². The van der Waals surface area contributed by atoms with Crippen LogP contribution >= 0.6 is 0 Å². The van der Waals surface area contributed by atoms with Crippen LogP contribution in [-0.2, 0) is 6.42 Å². The molecule has 1 atom stereocenters. The van der Waals surface area contributed by atoms with Gasteiger partial charge < -0.3 is 10.1 Å². The molecule has 0 saturated heterocycles. The number of fused-ring (bicyclic) bond motifs is 1. The van der Waals surface area contributed by atoms with Gasteiger partial charge >= 0.3 is 0 Å². The van der Waals surface area contributed by atoms with Crippen molar-refractivity contribution in [1.29, 1.82) is 0 Å². The lowest BCUT2D eigenvalue weighted by atomic mass is 10.0. The molecule has 0 radical (unpaired) electrons. The van der Waals surface area contributed by atoms with E-state index in [1.807, 2.05) is 36.4 Å². The Bertz CT molecular complexity index is 972. The van der Waals surface area contributed by atoms with Crippen LogP contribution in [0, 0.1) is 11.6 Å². The summed E-state index contributed by atoms with van der Waals surface area (Å²) < 4.78 is 33.4. The van der Waals surface area contributed by atoms with Crippen LogP contribution in [0.25, 0.3) is 11.3 Å². The van der Waals surface area contributed by atoms with Gasteiger partial charge in [0.25, 0.3) is 5.91 Å². The molecule has 4 nitrogen and oxygen atoms in total. The third-order valence-electron chi connectivity index (χ3n) is 4.45. The number of nitrogens with zero attached hydrogens (tertiary/aromatic N) is 1. The Balaban J connectivity index is 1.47. The number of benzene rings is 2.